The number of sulfonamides is 1. The van der Waals surface area contributed by atoms with Gasteiger partial charge in [0.2, 0.25) is 10.0 Å². The van der Waals surface area contributed by atoms with Gasteiger partial charge < -0.3 is 14.5 Å². The van der Waals surface area contributed by atoms with Gasteiger partial charge in [0.25, 0.3) is 0 Å². The van der Waals surface area contributed by atoms with Crippen molar-refractivity contribution in [1.82, 2.24) is 9.62 Å². The number of aryl methyl sites for hydroxylation is 1. The summed E-state index contributed by atoms with van der Waals surface area (Å²) in [5.41, 5.74) is 3.01. The summed E-state index contributed by atoms with van der Waals surface area (Å²) in [6.07, 6.45) is 0. The number of likely N-dealkylation sites (N-methyl/N-ethyl adjacent to an activating group) is 1. The van der Waals surface area contributed by atoms with Crippen LogP contribution in [0.15, 0.2) is 47.4 Å². The van der Waals surface area contributed by atoms with Gasteiger partial charge in [-0.1, -0.05) is 18.2 Å². The van der Waals surface area contributed by atoms with E-state index in [0.717, 1.165) is 16.8 Å². The van der Waals surface area contributed by atoms with Gasteiger partial charge >= 0.3 is 0 Å². The molecular weight excluding hydrogens is 362 g/mol. The first-order chi connectivity index (χ1) is 12.7. The lowest BCUT2D eigenvalue weighted by molar-refractivity contribution is 0.299. The van der Waals surface area contributed by atoms with Gasteiger partial charge in [0.15, 0.2) is 0 Å². The lowest BCUT2D eigenvalue weighted by Crippen LogP contribution is -2.34. The molecular formula is C20H29N3O3S. The molecule has 2 aromatic rings. The van der Waals surface area contributed by atoms with Crippen LogP contribution in [0.2, 0.25) is 0 Å². The molecule has 0 spiro atoms. The molecule has 0 saturated carbocycles. The van der Waals surface area contributed by atoms with Crippen LogP contribution in [0.25, 0.3) is 0 Å². The minimum atomic E-state index is -3.69. The second-order valence-electron chi connectivity index (χ2n) is 6.97. The van der Waals surface area contributed by atoms with Gasteiger partial charge in [0, 0.05) is 32.4 Å². The number of anilines is 1. The number of methoxy groups -OCH3 is 1. The summed E-state index contributed by atoms with van der Waals surface area (Å²) < 4.78 is 33.7. The number of ether oxygens (including phenoxy) is 1. The van der Waals surface area contributed by atoms with Crippen LogP contribution in [-0.4, -0.2) is 55.2 Å². The van der Waals surface area contributed by atoms with E-state index in [9.17, 15) is 8.42 Å². The highest BCUT2D eigenvalue weighted by Gasteiger charge is 2.23. The third-order valence-electron chi connectivity index (χ3n) is 4.49. The van der Waals surface area contributed by atoms with Crippen LogP contribution in [0.4, 0.5) is 5.69 Å². The highest BCUT2D eigenvalue weighted by atomic mass is 32.2. The third-order valence-corrected chi connectivity index (χ3v) is 5.94. The Labute approximate surface area is 162 Å². The summed E-state index contributed by atoms with van der Waals surface area (Å²) in [4.78, 5) is 4.19. The molecule has 27 heavy (non-hydrogen) atoms. The van der Waals surface area contributed by atoms with Crippen molar-refractivity contribution >= 4 is 15.7 Å². The average Bonchev–Trinajstić information content (AvgIpc) is 2.62. The number of benzene rings is 2. The van der Waals surface area contributed by atoms with E-state index in [-0.39, 0.29) is 17.5 Å². The molecule has 2 rings (SSSR count). The number of nitrogens with zero attached hydrogens (tertiary/aromatic N) is 2. The molecule has 6 nitrogen and oxygen atoms in total. The van der Waals surface area contributed by atoms with Gasteiger partial charge in [0.1, 0.15) is 10.6 Å². The average molecular weight is 392 g/mol. The molecule has 0 aromatic heterocycles. The molecule has 7 heteroatoms. The molecule has 1 N–H and O–H groups in total. The summed E-state index contributed by atoms with van der Waals surface area (Å²) in [5.74, 6) is 0.338. The minimum Gasteiger partial charge on any atom is -0.495 e. The number of hydrogen-bond acceptors (Lipinski definition) is 5. The molecule has 0 fully saturated rings. The van der Waals surface area contributed by atoms with Gasteiger partial charge in [-0.15, -0.1) is 0 Å². The summed E-state index contributed by atoms with van der Waals surface area (Å²) in [6.45, 7) is 2.11. The van der Waals surface area contributed by atoms with Crippen molar-refractivity contribution in [3.8, 4) is 5.75 Å². The van der Waals surface area contributed by atoms with Gasteiger partial charge in [-0.25, -0.2) is 13.1 Å². The Balaban J connectivity index is 2.24. The molecule has 0 radical (unpaired) electrons. The zero-order valence-corrected chi connectivity index (χ0v) is 17.7. The Morgan fingerprint density at radius 3 is 2.19 bits per heavy atom. The van der Waals surface area contributed by atoms with E-state index < -0.39 is 10.0 Å². The lowest BCUT2D eigenvalue weighted by Gasteiger charge is -2.26. The minimum absolute atomic E-state index is 0.0909. The molecule has 2 aromatic carbocycles. The van der Waals surface area contributed by atoms with Crippen LogP contribution < -0.4 is 14.4 Å². The number of hydrogen-bond donors (Lipinski definition) is 1. The normalized spacial score (nSPS) is 12.9. The van der Waals surface area contributed by atoms with Crippen LogP contribution in [0.1, 0.15) is 17.2 Å². The predicted octanol–water partition coefficient (Wildman–Crippen LogP) is 2.65. The Hall–Kier alpha value is -2.09. The quantitative estimate of drug-likeness (QED) is 0.750. The highest BCUT2D eigenvalue weighted by molar-refractivity contribution is 7.89. The van der Waals surface area contributed by atoms with Gasteiger partial charge in [-0.3, -0.25) is 0 Å². The standard InChI is InChI=1S/C20H29N3O3S/c1-15-7-12-19(26-6)20(13-15)27(24,25)21-14-18(23(4)5)16-8-10-17(11-9-16)22(2)3/h7-13,18,21H,14H2,1-6H3/t18-/m1/s1. The maximum absolute atomic E-state index is 12.8. The van der Waals surface area contributed by atoms with E-state index in [1.807, 2.05) is 75.2 Å². The first-order valence-corrected chi connectivity index (χ1v) is 10.2. The predicted molar refractivity (Wildman–Crippen MR) is 110 cm³/mol. The monoisotopic (exact) mass is 391 g/mol. The fourth-order valence-electron chi connectivity index (χ4n) is 2.85. The molecule has 0 unspecified atom stereocenters. The van der Waals surface area contributed by atoms with Crippen molar-refractivity contribution < 1.29 is 13.2 Å². The summed E-state index contributed by atoms with van der Waals surface area (Å²) in [5, 5.41) is 0. The summed E-state index contributed by atoms with van der Waals surface area (Å²) >= 11 is 0. The molecule has 0 heterocycles. The summed E-state index contributed by atoms with van der Waals surface area (Å²) in [7, 11) is 5.63. The topological polar surface area (TPSA) is 61.9 Å². The molecule has 148 valence electrons. The number of rotatable bonds is 8. The molecule has 0 aliphatic rings. The number of nitrogens with one attached hydrogen (secondary N) is 1. The van der Waals surface area contributed by atoms with Crippen molar-refractivity contribution in [2.24, 2.45) is 0 Å². The Morgan fingerprint density at radius 2 is 1.67 bits per heavy atom. The van der Waals surface area contributed by atoms with Crippen molar-refractivity contribution in [3.05, 3.63) is 53.6 Å². The SMILES string of the molecule is COc1ccc(C)cc1S(=O)(=O)NC[C@H](c1ccc(N(C)C)cc1)N(C)C. The molecule has 0 bridgehead atoms. The van der Waals surface area contributed by atoms with E-state index in [1.165, 1.54) is 7.11 Å². The van der Waals surface area contributed by atoms with Crippen LogP contribution >= 0.6 is 0 Å². The first-order valence-electron chi connectivity index (χ1n) is 8.73. The fraction of sp³-hybridized carbons (Fsp3) is 0.400. The largest absolute Gasteiger partial charge is 0.495 e. The Kier molecular flexibility index (Phi) is 6.86. The molecule has 0 amide bonds. The Bertz CT molecular complexity index is 863. The maximum Gasteiger partial charge on any atom is 0.244 e. The lowest BCUT2D eigenvalue weighted by atomic mass is 10.1. The molecule has 0 aliphatic heterocycles. The van der Waals surface area contributed by atoms with E-state index in [0.29, 0.717) is 5.75 Å². The van der Waals surface area contributed by atoms with Crippen LogP contribution in [0.5, 0.6) is 5.75 Å². The smallest absolute Gasteiger partial charge is 0.244 e. The van der Waals surface area contributed by atoms with Crippen molar-refractivity contribution in [1.29, 1.82) is 0 Å². The molecule has 1 atom stereocenters. The third kappa shape index (κ3) is 5.22. The van der Waals surface area contributed by atoms with Crippen LogP contribution in [0.3, 0.4) is 0 Å². The first kappa shape index (κ1) is 21.2. The van der Waals surface area contributed by atoms with E-state index in [2.05, 4.69) is 4.72 Å². The Morgan fingerprint density at radius 1 is 1.04 bits per heavy atom. The van der Waals surface area contributed by atoms with E-state index in [4.69, 9.17) is 4.74 Å². The van der Waals surface area contributed by atoms with E-state index >= 15 is 0 Å². The second-order valence-corrected chi connectivity index (χ2v) is 8.71. The summed E-state index contributed by atoms with van der Waals surface area (Å²) in [6, 6.07) is 13.2. The zero-order chi connectivity index (χ0) is 20.2. The van der Waals surface area contributed by atoms with Gasteiger partial charge in [-0.05, 0) is 56.4 Å². The van der Waals surface area contributed by atoms with E-state index in [1.54, 1.807) is 12.1 Å². The molecule has 0 aliphatic carbocycles. The van der Waals surface area contributed by atoms with Gasteiger partial charge in [-0.2, -0.15) is 0 Å². The van der Waals surface area contributed by atoms with Crippen LogP contribution in [-0.2, 0) is 10.0 Å². The molecule has 0 saturated heterocycles. The zero-order valence-electron chi connectivity index (χ0n) is 16.9. The van der Waals surface area contributed by atoms with Gasteiger partial charge in [0.05, 0.1) is 7.11 Å². The van der Waals surface area contributed by atoms with Crippen molar-refractivity contribution in [3.63, 3.8) is 0 Å². The highest BCUT2D eigenvalue weighted by Crippen LogP contribution is 2.26. The van der Waals surface area contributed by atoms with Crippen molar-refractivity contribution in [2.75, 3.05) is 46.7 Å². The van der Waals surface area contributed by atoms with Crippen LogP contribution in [0, 0.1) is 6.92 Å². The maximum atomic E-state index is 12.8. The van der Waals surface area contributed by atoms with Crippen molar-refractivity contribution in [2.45, 2.75) is 17.9 Å². The fourth-order valence-corrected chi connectivity index (χ4v) is 4.14. The second kappa shape index (κ2) is 8.73.